The molecule has 0 fully saturated rings. The van der Waals surface area contributed by atoms with Crippen molar-refractivity contribution in [2.75, 3.05) is 17.6 Å². The van der Waals surface area contributed by atoms with Crippen LogP contribution in [0.5, 0.6) is 0 Å². The molecule has 18 heavy (non-hydrogen) atoms. The SMILES string of the molecule is Nc1ccc(C(O)CNc2ccc(Cl)cn2)cc1. The number of nitrogens with one attached hydrogen (secondary N) is 1. The molecule has 1 aromatic heterocycles. The second-order valence-electron chi connectivity index (χ2n) is 3.93. The fourth-order valence-electron chi connectivity index (χ4n) is 1.52. The summed E-state index contributed by atoms with van der Waals surface area (Å²) in [5.41, 5.74) is 7.08. The molecule has 1 unspecified atom stereocenters. The van der Waals surface area contributed by atoms with Gasteiger partial charge in [0.1, 0.15) is 5.82 Å². The normalized spacial score (nSPS) is 12.1. The number of pyridine rings is 1. The van der Waals surface area contributed by atoms with E-state index in [0.717, 1.165) is 5.56 Å². The van der Waals surface area contributed by atoms with Gasteiger partial charge in [0.25, 0.3) is 0 Å². The molecule has 0 spiro atoms. The summed E-state index contributed by atoms with van der Waals surface area (Å²) in [6, 6.07) is 10.6. The standard InChI is InChI=1S/C13H14ClN3O/c14-10-3-6-13(16-7-10)17-8-12(18)9-1-4-11(15)5-2-9/h1-7,12,18H,8,15H2,(H,16,17). The van der Waals surface area contributed by atoms with Gasteiger partial charge in [-0.05, 0) is 29.8 Å². The van der Waals surface area contributed by atoms with Gasteiger partial charge in [-0.2, -0.15) is 0 Å². The molecule has 0 bridgehead atoms. The van der Waals surface area contributed by atoms with E-state index in [-0.39, 0.29) is 0 Å². The Morgan fingerprint density at radius 1 is 1.22 bits per heavy atom. The average molecular weight is 264 g/mol. The van der Waals surface area contributed by atoms with Crippen molar-refractivity contribution in [2.45, 2.75) is 6.10 Å². The molecule has 4 nitrogen and oxygen atoms in total. The van der Waals surface area contributed by atoms with Gasteiger partial charge in [-0.3, -0.25) is 0 Å². The maximum Gasteiger partial charge on any atom is 0.126 e. The van der Waals surface area contributed by atoms with E-state index in [1.165, 1.54) is 0 Å². The van der Waals surface area contributed by atoms with E-state index in [1.54, 1.807) is 42.6 Å². The molecule has 0 saturated heterocycles. The smallest absolute Gasteiger partial charge is 0.126 e. The van der Waals surface area contributed by atoms with Crippen LogP contribution in [0.1, 0.15) is 11.7 Å². The molecule has 2 rings (SSSR count). The number of aromatic nitrogens is 1. The summed E-state index contributed by atoms with van der Waals surface area (Å²) in [5, 5.41) is 13.6. The number of nitrogen functional groups attached to an aromatic ring is 1. The lowest BCUT2D eigenvalue weighted by Gasteiger charge is -2.12. The highest BCUT2D eigenvalue weighted by Crippen LogP contribution is 2.16. The third kappa shape index (κ3) is 3.35. The molecule has 1 aromatic carbocycles. The number of aliphatic hydroxyl groups is 1. The van der Waals surface area contributed by atoms with E-state index in [9.17, 15) is 5.11 Å². The van der Waals surface area contributed by atoms with E-state index >= 15 is 0 Å². The summed E-state index contributed by atoms with van der Waals surface area (Å²) in [7, 11) is 0. The van der Waals surface area contributed by atoms with Crippen LogP contribution in [0, 0.1) is 0 Å². The quantitative estimate of drug-likeness (QED) is 0.741. The molecule has 0 aliphatic heterocycles. The van der Waals surface area contributed by atoms with Crippen LogP contribution in [0.15, 0.2) is 42.6 Å². The Balaban J connectivity index is 1.93. The molecule has 0 saturated carbocycles. The Labute approximate surface area is 110 Å². The molecule has 0 amide bonds. The first-order valence-corrected chi connectivity index (χ1v) is 5.92. The van der Waals surface area contributed by atoms with Gasteiger partial charge < -0.3 is 16.2 Å². The highest BCUT2D eigenvalue weighted by Gasteiger charge is 2.07. The Morgan fingerprint density at radius 2 is 1.94 bits per heavy atom. The Morgan fingerprint density at radius 3 is 2.56 bits per heavy atom. The molecular weight excluding hydrogens is 250 g/mol. The number of nitrogens with two attached hydrogens (primary N) is 1. The lowest BCUT2D eigenvalue weighted by atomic mass is 10.1. The minimum absolute atomic E-state index is 0.374. The zero-order valence-electron chi connectivity index (χ0n) is 9.68. The van der Waals surface area contributed by atoms with Gasteiger partial charge in [-0.25, -0.2) is 4.98 Å². The summed E-state index contributed by atoms with van der Waals surface area (Å²) < 4.78 is 0. The topological polar surface area (TPSA) is 71.2 Å². The molecule has 1 atom stereocenters. The summed E-state index contributed by atoms with van der Waals surface area (Å²) in [5.74, 6) is 0.675. The Hall–Kier alpha value is -1.78. The van der Waals surface area contributed by atoms with Gasteiger partial charge in [0.2, 0.25) is 0 Å². The van der Waals surface area contributed by atoms with Crippen molar-refractivity contribution < 1.29 is 5.11 Å². The van der Waals surface area contributed by atoms with E-state index < -0.39 is 6.10 Å². The summed E-state index contributed by atoms with van der Waals surface area (Å²) in [6.07, 6.45) is 0.947. The van der Waals surface area contributed by atoms with Gasteiger partial charge in [0.05, 0.1) is 11.1 Å². The van der Waals surface area contributed by atoms with Crippen LogP contribution < -0.4 is 11.1 Å². The minimum Gasteiger partial charge on any atom is -0.399 e. The molecule has 2 aromatic rings. The Kier molecular flexibility index (Phi) is 4.02. The molecule has 0 aliphatic carbocycles. The van der Waals surface area contributed by atoms with Crippen molar-refractivity contribution >= 4 is 23.1 Å². The van der Waals surface area contributed by atoms with E-state index in [1.807, 2.05) is 0 Å². The third-order valence-corrected chi connectivity index (χ3v) is 2.75. The predicted molar refractivity (Wildman–Crippen MR) is 73.6 cm³/mol. The largest absolute Gasteiger partial charge is 0.399 e. The van der Waals surface area contributed by atoms with Crippen LogP contribution in [-0.2, 0) is 0 Å². The number of hydrogen-bond donors (Lipinski definition) is 3. The van der Waals surface area contributed by atoms with Crippen LogP contribution in [0.25, 0.3) is 0 Å². The van der Waals surface area contributed by atoms with Gasteiger partial charge >= 0.3 is 0 Å². The molecular formula is C13H14ClN3O. The van der Waals surface area contributed by atoms with Crippen LogP contribution >= 0.6 is 11.6 Å². The van der Waals surface area contributed by atoms with Crippen LogP contribution in [0.3, 0.4) is 0 Å². The lowest BCUT2D eigenvalue weighted by molar-refractivity contribution is 0.191. The molecule has 5 heteroatoms. The van der Waals surface area contributed by atoms with E-state index in [0.29, 0.717) is 23.1 Å². The minimum atomic E-state index is -0.608. The van der Waals surface area contributed by atoms with E-state index in [2.05, 4.69) is 10.3 Å². The Bertz CT molecular complexity index is 499. The van der Waals surface area contributed by atoms with Crippen LogP contribution in [0.2, 0.25) is 5.02 Å². The highest BCUT2D eigenvalue weighted by molar-refractivity contribution is 6.30. The van der Waals surface area contributed by atoms with Crippen LogP contribution in [0.4, 0.5) is 11.5 Å². The third-order valence-electron chi connectivity index (χ3n) is 2.53. The van der Waals surface area contributed by atoms with Gasteiger partial charge in [-0.1, -0.05) is 23.7 Å². The van der Waals surface area contributed by atoms with Crippen molar-refractivity contribution in [2.24, 2.45) is 0 Å². The van der Waals surface area contributed by atoms with Gasteiger partial charge in [0.15, 0.2) is 0 Å². The zero-order valence-corrected chi connectivity index (χ0v) is 10.4. The highest BCUT2D eigenvalue weighted by atomic mass is 35.5. The zero-order chi connectivity index (χ0) is 13.0. The first kappa shape index (κ1) is 12.7. The number of anilines is 2. The second-order valence-corrected chi connectivity index (χ2v) is 4.36. The maximum absolute atomic E-state index is 9.97. The first-order valence-electron chi connectivity index (χ1n) is 5.54. The monoisotopic (exact) mass is 263 g/mol. The summed E-state index contributed by atoms with van der Waals surface area (Å²) in [6.45, 7) is 0.374. The number of halogens is 1. The molecule has 0 aliphatic rings. The maximum atomic E-state index is 9.97. The molecule has 0 radical (unpaired) electrons. The molecule has 1 heterocycles. The number of rotatable bonds is 4. The summed E-state index contributed by atoms with van der Waals surface area (Å²) in [4.78, 5) is 4.08. The molecule has 4 N–H and O–H groups in total. The second kappa shape index (κ2) is 5.71. The van der Waals surface area contributed by atoms with Gasteiger partial charge in [-0.15, -0.1) is 0 Å². The molecule has 94 valence electrons. The van der Waals surface area contributed by atoms with Crippen molar-refractivity contribution in [3.63, 3.8) is 0 Å². The number of hydrogen-bond acceptors (Lipinski definition) is 4. The van der Waals surface area contributed by atoms with Crippen LogP contribution in [-0.4, -0.2) is 16.6 Å². The van der Waals surface area contributed by atoms with Crippen molar-refractivity contribution in [3.05, 3.63) is 53.2 Å². The lowest BCUT2D eigenvalue weighted by Crippen LogP contribution is -2.12. The fraction of sp³-hybridized carbons (Fsp3) is 0.154. The fourth-order valence-corrected chi connectivity index (χ4v) is 1.63. The van der Waals surface area contributed by atoms with Gasteiger partial charge in [0, 0.05) is 18.4 Å². The predicted octanol–water partition coefficient (Wildman–Crippen LogP) is 2.46. The van der Waals surface area contributed by atoms with Crippen molar-refractivity contribution in [1.29, 1.82) is 0 Å². The van der Waals surface area contributed by atoms with Crippen molar-refractivity contribution in [1.82, 2.24) is 4.98 Å². The number of benzene rings is 1. The van der Waals surface area contributed by atoms with E-state index in [4.69, 9.17) is 17.3 Å². The average Bonchev–Trinajstić information content (AvgIpc) is 2.38. The first-order chi connectivity index (χ1) is 8.65. The van der Waals surface area contributed by atoms with Crippen molar-refractivity contribution in [3.8, 4) is 0 Å². The summed E-state index contributed by atoms with van der Waals surface area (Å²) >= 11 is 5.73. The number of nitrogens with zero attached hydrogens (tertiary/aromatic N) is 1. The number of aliphatic hydroxyl groups excluding tert-OH is 1.